The standard InChI is InChI=1S/C16H13Cl2N3O3S/c17-12-5-10(2-1-9(12)6-19)21-8-11(24-16(21)23)7-20-15(22)13-3-4-14(18)25-13/h1-2,4-5,11,13H,3,7-8H2,(H,20,22)/t11-,13?/m0/s1. The number of carbonyl (C=O) groups is 2. The predicted octanol–water partition coefficient (Wildman–Crippen LogP) is 3.24. The number of nitrogens with one attached hydrogen (secondary N) is 1. The minimum atomic E-state index is -0.514. The molecule has 9 heteroatoms. The minimum absolute atomic E-state index is 0.132. The number of allylic oxidation sites excluding steroid dienone is 1. The molecule has 2 atom stereocenters. The zero-order chi connectivity index (χ0) is 18.0. The van der Waals surface area contributed by atoms with Gasteiger partial charge in [0, 0.05) is 5.69 Å². The number of cyclic esters (lactones) is 1. The molecule has 1 aromatic rings. The van der Waals surface area contributed by atoms with Crippen LogP contribution in [0.15, 0.2) is 28.6 Å². The number of nitriles is 1. The maximum absolute atomic E-state index is 12.1. The van der Waals surface area contributed by atoms with Crippen LogP contribution in [0.2, 0.25) is 5.02 Å². The van der Waals surface area contributed by atoms with Crippen LogP contribution in [0.4, 0.5) is 10.5 Å². The lowest BCUT2D eigenvalue weighted by Crippen LogP contribution is -2.38. The second-order valence-corrected chi connectivity index (χ2v) is 7.77. The van der Waals surface area contributed by atoms with Gasteiger partial charge in [-0.2, -0.15) is 5.26 Å². The van der Waals surface area contributed by atoms with Crippen molar-refractivity contribution in [3.8, 4) is 6.07 Å². The highest BCUT2D eigenvalue weighted by molar-refractivity contribution is 8.06. The van der Waals surface area contributed by atoms with Crippen molar-refractivity contribution in [3.05, 3.63) is 39.2 Å². The fourth-order valence-corrected chi connectivity index (χ4v) is 4.00. The van der Waals surface area contributed by atoms with E-state index in [9.17, 15) is 9.59 Å². The van der Waals surface area contributed by atoms with Crippen LogP contribution >= 0.6 is 35.0 Å². The molecular formula is C16H13Cl2N3O3S. The molecule has 0 aromatic heterocycles. The number of rotatable bonds is 4. The number of nitrogens with zero attached hydrogens (tertiary/aromatic N) is 2. The molecule has 2 amide bonds. The molecule has 0 spiro atoms. The number of hydrogen-bond donors (Lipinski definition) is 1. The van der Waals surface area contributed by atoms with E-state index in [0.717, 1.165) is 0 Å². The highest BCUT2D eigenvalue weighted by Crippen LogP contribution is 2.34. The molecule has 0 aliphatic carbocycles. The van der Waals surface area contributed by atoms with Crippen LogP contribution in [0, 0.1) is 11.3 Å². The lowest BCUT2D eigenvalue weighted by Gasteiger charge is -2.14. The summed E-state index contributed by atoms with van der Waals surface area (Å²) in [4.78, 5) is 25.5. The highest BCUT2D eigenvalue weighted by Gasteiger charge is 2.33. The summed E-state index contributed by atoms with van der Waals surface area (Å²) in [6.45, 7) is 0.512. The third-order valence-corrected chi connectivity index (χ3v) is 5.62. The number of thioether (sulfide) groups is 1. The first kappa shape index (κ1) is 17.9. The maximum atomic E-state index is 12.1. The Morgan fingerprint density at radius 3 is 2.92 bits per heavy atom. The minimum Gasteiger partial charge on any atom is -0.442 e. The van der Waals surface area contributed by atoms with Crippen LogP contribution in [0.3, 0.4) is 0 Å². The topological polar surface area (TPSA) is 82.4 Å². The Morgan fingerprint density at radius 1 is 1.48 bits per heavy atom. The molecule has 2 heterocycles. The molecule has 0 bridgehead atoms. The Hall–Kier alpha value is -1.88. The Morgan fingerprint density at radius 2 is 2.28 bits per heavy atom. The third kappa shape index (κ3) is 4.03. The fourth-order valence-electron chi connectivity index (χ4n) is 2.52. The Labute approximate surface area is 158 Å². The van der Waals surface area contributed by atoms with E-state index in [2.05, 4.69) is 5.32 Å². The van der Waals surface area contributed by atoms with Gasteiger partial charge in [-0.25, -0.2) is 4.79 Å². The molecule has 6 nitrogen and oxygen atoms in total. The monoisotopic (exact) mass is 397 g/mol. The average Bonchev–Trinajstić information content (AvgIpc) is 3.18. The van der Waals surface area contributed by atoms with Crippen LogP contribution in [0.1, 0.15) is 12.0 Å². The van der Waals surface area contributed by atoms with Gasteiger partial charge in [0.1, 0.15) is 12.2 Å². The summed E-state index contributed by atoms with van der Waals surface area (Å²) >= 11 is 13.2. The molecule has 25 heavy (non-hydrogen) atoms. The number of benzene rings is 1. The van der Waals surface area contributed by atoms with Gasteiger partial charge in [0.25, 0.3) is 0 Å². The van der Waals surface area contributed by atoms with Gasteiger partial charge in [0.15, 0.2) is 0 Å². The van der Waals surface area contributed by atoms with E-state index in [-0.39, 0.29) is 29.3 Å². The Bertz CT molecular complexity index is 793. The van der Waals surface area contributed by atoms with Crippen molar-refractivity contribution in [2.75, 3.05) is 18.0 Å². The van der Waals surface area contributed by atoms with Gasteiger partial charge in [-0.05, 0) is 24.6 Å². The van der Waals surface area contributed by atoms with E-state index >= 15 is 0 Å². The number of amides is 2. The molecule has 130 valence electrons. The average molecular weight is 398 g/mol. The first-order valence-corrected chi connectivity index (χ1v) is 9.09. The molecule has 2 aliphatic rings. The van der Waals surface area contributed by atoms with Crippen molar-refractivity contribution in [1.82, 2.24) is 5.32 Å². The summed E-state index contributed by atoms with van der Waals surface area (Å²) in [5.74, 6) is -0.132. The van der Waals surface area contributed by atoms with Gasteiger partial charge in [-0.1, -0.05) is 29.3 Å². The molecule has 1 N–H and O–H groups in total. The van der Waals surface area contributed by atoms with E-state index in [0.29, 0.717) is 22.0 Å². The highest BCUT2D eigenvalue weighted by atomic mass is 35.5. The molecule has 0 radical (unpaired) electrons. The Kier molecular flexibility index (Phi) is 5.42. The van der Waals surface area contributed by atoms with Crippen LogP contribution in [0.5, 0.6) is 0 Å². The SMILES string of the molecule is N#Cc1ccc(N2C[C@H](CNC(=O)C3CC=C(Cl)S3)OC2=O)cc1Cl. The quantitative estimate of drug-likeness (QED) is 0.842. The second kappa shape index (κ2) is 7.56. The smallest absolute Gasteiger partial charge is 0.414 e. The normalized spacial score (nSPS) is 22.4. The van der Waals surface area contributed by atoms with Crippen LogP contribution in [-0.4, -0.2) is 36.4 Å². The summed E-state index contributed by atoms with van der Waals surface area (Å²) in [6, 6.07) is 6.70. The first-order valence-electron chi connectivity index (χ1n) is 7.45. The van der Waals surface area contributed by atoms with Gasteiger partial charge in [0.2, 0.25) is 5.91 Å². The Balaban J connectivity index is 1.56. The van der Waals surface area contributed by atoms with E-state index in [4.69, 9.17) is 33.2 Å². The summed E-state index contributed by atoms with van der Waals surface area (Å²) in [7, 11) is 0. The van der Waals surface area contributed by atoms with Gasteiger partial charge in [-0.3, -0.25) is 9.69 Å². The van der Waals surface area contributed by atoms with Crippen molar-refractivity contribution in [3.63, 3.8) is 0 Å². The van der Waals surface area contributed by atoms with Gasteiger partial charge < -0.3 is 10.1 Å². The molecule has 0 saturated carbocycles. The first-order chi connectivity index (χ1) is 12.0. The lowest BCUT2D eigenvalue weighted by atomic mass is 10.2. The number of hydrogen-bond acceptors (Lipinski definition) is 5. The van der Waals surface area contributed by atoms with Crippen LogP contribution in [0.25, 0.3) is 0 Å². The predicted molar refractivity (Wildman–Crippen MR) is 96.7 cm³/mol. The number of anilines is 1. The molecule has 1 aromatic carbocycles. The maximum Gasteiger partial charge on any atom is 0.414 e. The van der Waals surface area contributed by atoms with Crippen molar-refractivity contribution in [2.24, 2.45) is 0 Å². The number of carbonyl (C=O) groups excluding carboxylic acids is 2. The second-order valence-electron chi connectivity index (χ2n) is 5.49. The van der Waals surface area contributed by atoms with Gasteiger partial charge in [-0.15, -0.1) is 11.8 Å². The van der Waals surface area contributed by atoms with Crippen molar-refractivity contribution in [1.29, 1.82) is 5.26 Å². The van der Waals surface area contributed by atoms with Crippen molar-refractivity contribution < 1.29 is 14.3 Å². The fraction of sp³-hybridized carbons (Fsp3) is 0.312. The van der Waals surface area contributed by atoms with E-state index in [1.54, 1.807) is 18.2 Å². The van der Waals surface area contributed by atoms with E-state index in [1.807, 2.05) is 12.1 Å². The third-order valence-electron chi connectivity index (χ3n) is 3.80. The summed E-state index contributed by atoms with van der Waals surface area (Å²) < 4.78 is 5.90. The lowest BCUT2D eigenvalue weighted by molar-refractivity contribution is -0.120. The summed E-state index contributed by atoms with van der Waals surface area (Å²) in [5.41, 5.74) is 0.883. The number of ether oxygens (including phenoxy) is 1. The molecular weight excluding hydrogens is 385 g/mol. The van der Waals surface area contributed by atoms with E-state index < -0.39 is 12.2 Å². The molecule has 3 rings (SSSR count). The number of halogens is 2. The molecule has 1 fully saturated rings. The largest absolute Gasteiger partial charge is 0.442 e. The van der Waals surface area contributed by atoms with Gasteiger partial charge in [0.05, 0.1) is 33.3 Å². The van der Waals surface area contributed by atoms with Crippen molar-refractivity contribution >= 4 is 52.7 Å². The van der Waals surface area contributed by atoms with Crippen LogP contribution < -0.4 is 10.2 Å². The molecule has 1 saturated heterocycles. The molecule has 1 unspecified atom stereocenters. The summed E-state index contributed by atoms with van der Waals surface area (Å²) in [5, 5.41) is 11.7. The summed E-state index contributed by atoms with van der Waals surface area (Å²) in [6.07, 6.45) is 1.43. The van der Waals surface area contributed by atoms with Crippen molar-refractivity contribution in [2.45, 2.75) is 17.8 Å². The van der Waals surface area contributed by atoms with Crippen LogP contribution in [-0.2, 0) is 9.53 Å². The van der Waals surface area contributed by atoms with E-state index in [1.165, 1.54) is 16.7 Å². The zero-order valence-electron chi connectivity index (χ0n) is 12.9. The van der Waals surface area contributed by atoms with Gasteiger partial charge >= 0.3 is 6.09 Å². The zero-order valence-corrected chi connectivity index (χ0v) is 15.2. The molecule has 2 aliphatic heterocycles.